The highest BCUT2D eigenvalue weighted by molar-refractivity contribution is 6.24. The fourth-order valence-corrected chi connectivity index (χ4v) is 4.34. The summed E-state index contributed by atoms with van der Waals surface area (Å²) in [5.74, 6) is 0. The maximum absolute atomic E-state index is 2.36. The van der Waals surface area contributed by atoms with Crippen LogP contribution in [0.1, 0.15) is 36.8 Å². The highest BCUT2D eigenvalue weighted by Gasteiger charge is 2.13. The molecule has 0 radical (unpaired) electrons. The van der Waals surface area contributed by atoms with Crippen molar-refractivity contribution < 1.29 is 0 Å². The van der Waals surface area contributed by atoms with Crippen LogP contribution >= 0.6 is 0 Å². The van der Waals surface area contributed by atoms with Crippen molar-refractivity contribution in [3.8, 4) is 0 Å². The first-order valence-electron chi connectivity index (χ1n) is 8.60. The van der Waals surface area contributed by atoms with Gasteiger partial charge >= 0.3 is 0 Å². The smallest absolute Gasteiger partial charge is 0.00239 e. The highest BCUT2D eigenvalue weighted by Crippen LogP contribution is 2.38. The van der Waals surface area contributed by atoms with Crippen molar-refractivity contribution in [1.82, 2.24) is 0 Å². The van der Waals surface area contributed by atoms with Crippen molar-refractivity contribution in [2.24, 2.45) is 0 Å². The van der Waals surface area contributed by atoms with E-state index in [1.165, 1.54) is 82.0 Å². The quantitative estimate of drug-likeness (QED) is 0.335. The zero-order valence-corrected chi connectivity index (χ0v) is 12.9. The summed E-state index contributed by atoms with van der Waals surface area (Å²) in [6, 6.07) is 18.7. The number of rotatable bonds is 0. The van der Waals surface area contributed by atoms with Gasteiger partial charge in [0, 0.05) is 0 Å². The summed E-state index contributed by atoms with van der Waals surface area (Å²) in [6.07, 6.45) is 7.81. The van der Waals surface area contributed by atoms with E-state index in [9.17, 15) is 0 Å². The van der Waals surface area contributed by atoms with Gasteiger partial charge in [-0.15, -0.1) is 0 Å². The van der Waals surface area contributed by atoms with Gasteiger partial charge in [-0.1, -0.05) is 61.4 Å². The van der Waals surface area contributed by atoms with Crippen LogP contribution in [-0.2, 0) is 12.8 Å². The maximum atomic E-state index is 2.36. The Kier molecular flexibility index (Phi) is 2.67. The number of hydrogen-bond donors (Lipinski definition) is 0. The summed E-state index contributed by atoms with van der Waals surface area (Å²) in [5.41, 5.74) is 3.07. The molecular formula is C22H20. The second-order valence-electron chi connectivity index (χ2n) is 6.79. The molecule has 1 aliphatic carbocycles. The van der Waals surface area contributed by atoms with Crippen LogP contribution in [0.25, 0.3) is 32.3 Å². The predicted molar refractivity (Wildman–Crippen MR) is 96.0 cm³/mol. The second kappa shape index (κ2) is 4.71. The van der Waals surface area contributed by atoms with E-state index in [4.69, 9.17) is 0 Å². The molecule has 0 N–H and O–H groups in total. The summed E-state index contributed by atoms with van der Waals surface area (Å²) in [7, 11) is 0. The minimum Gasteiger partial charge on any atom is -0.0578 e. The van der Waals surface area contributed by atoms with Crippen molar-refractivity contribution in [3.05, 3.63) is 59.7 Å². The van der Waals surface area contributed by atoms with Crippen LogP contribution in [-0.4, -0.2) is 0 Å². The van der Waals surface area contributed by atoms with Gasteiger partial charge in [-0.05, 0) is 69.1 Å². The summed E-state index contributed by atoms with van der Waals surface area (Å²) in [5, 5.41) is 8.74. The molecule has 0 unspecified atom stereocenters. The van der Waals surface area contributed by atoms with E-state index >= 15 is 0 Å². The summed E-state index contributed by atoms with van der Waals surface area (Å²) in [4.78, 5) is 0. The van der Waals surface area contributed by atoms with E-state index in [1.54, 1.807) is 0 Å². The average molecular weight is 284 g/mol. The van der Waals surface area contributed by atoms with E-state index in [1.807, 2.05) is 0 Å². The van der Waals surface area contributed by atoms with Gasteiger partial charge in [-0.25, -0.2) is 0 Å². The molecule has 0 heteroatoms. The lowest BCUT2D eigenvalue weighted by molar-refractivity contribution is 0.642. The molecule has 0 saturated heterocycles. The molecule has 0 spiro atoms. The molecule has 22 heavy (non-hydrogen) atoms. The third-order valence-electron chi connectivity index (χ3n) is 5.49. The van der Waals surface area contributed by atoms with E-state index in [-0.39, 0.29) is 0 Å². The second-order valence-corrected chi connectivity index (χ2v) is 6.79. The van der Waals surface area contributed by atoms with Gasteiger partial charge < -0.3 is 0 Å². The Bertz CT molecular complexity index is 896. The Morgan fingerprint density at radius 1 is 0.455 bits per heavy atom. The van der Waals surface area contributed by atoms with Crippen LogP contribution in [0.4, 0.5) is 0 Å². The number of aryl methyl sites for hydroxylation is 2. The molecule has 0 fully saturated rings. The Labute approximate surface area is 131 Å². The van der Waals surface area contributed by atoms with Gasteiger partial charge in [-0.3, -0.25) is 0 Å². The minimum atomic E-state index is 1.22. The Morgan fingerprint density at radius 3 is 1.41 bits per heavy atom. The molecule has 0 atom stereocenters. The lowest BCUT2D eigenvalue weighted by Crippen LogP contribution is -1.95. The first kappa shape index (κ1) is 12.5. The van der Waals surface area contributed by atoms with E-state index in [2.05, 4.69) is 48.5 Å². The Hall–Kier alpha value is -2.08. The SMILES string of the molecule is c1cc2ccc3c4ccc5ccc(c1CCCCCC4)c2c53. The molecule has 0 aliphatic heterocycles. The van der Waals surface area contributed by atoms with Crippen molar-refractivity contribution >= 4 is 32.3 Å². The van der Waals surface area contributed by atoms with Crippen molar-refractivity contribution in [2.75, 3.05) is 0 Å². The van der Waals surface area contributed by atoms with E-state index in [0.29, 0.717) is 0 Å². The Morgan fingerprint density at radius 2 is 0.909 bits per heavy atom. The van der Waals surface area contributed by atoms with Gasteiger partial charge in [0.2, 0.25) is 0 Å². The zero-order chi connectivity index (χ0) is 14.5. The van der Waals surface area contributed by atoms with Gasteiger partial charge in [0.1, 0.15) is 0 Å². The molecular weight excluding hydrogens is 264 g/mol. The molecule has 0 nitrogen and oxygen atoms in total. The predicted octanol–water partition coefficient (Wildman–Crippen LogP) is 6.24. The first-order valence-corrected chi connectivity index (χ1v) is 8.60. The monoisotopic (exact) mass is 284 g/mol. The largest absolute Gasteiger partial charge is 0.0578 e. The van der Waals surface area contributed by atoms with Gasteiger partial charge in [0.15, 0.2) is 0 Å². The van der Waals surface area contributed by atoms with Gasteiger partial charge in [0.25, 0.3) is 0 Å². The van der Waals surface area contributed by atoms with Crippen LogP contribution in [0.15, 0.2) is 48.5 Å². The van der Waals surface area contributed by atoms with Crippen molar-refractivity contribution in [1.29, 1.82) is 0 Å². The van der Waals surface area contributed by atoms with Crippen LogP contribution in [0, 0.1) is 0 Å². The molecule has 4 aromatic rings. The summed E-state index contributed by atoms with van der Waals surface area (Å²) < 4.78 is 0. The zero-order valence-electron chi connectivity index (χ0n) is 12.9. The topological polar surface area (TPSA) is 0 Å². The molecule has 5 rings (SSSR count). The molecule has 108 valence electrons. The third kappa shape index (κ3) is 1.70. The van der Waals surface area contributed by atoms with Crippen LogP contribution in [0.2, 0.25) is 0 Å². The minimum absolute atomic E-state index is 1.22. The Balaban J connectivity index is 2.01. The van der Waals surface area contributed by atoms with Crippen molar-refractivity contribution in [3.63, 3.8) is 0 Å². The molecule has 0 aromatic heterocycles. The average Bonchev–Trinajstić information content (AvgIpc) is 2.57. The van der Waals surface area contributed by atoms with Crippen LogP contribution < -0.4 is 0 Å². The number of benzene rings is 4. The third-order valence-corrected chi connectivity index (χ3v) is 5.49. The molecule has 6 bridgehead atoms. The van der Waals surface area contributed by atoms with Gasteiger partial charge in [-0.2, -0.15) is 0 Å². The fourth-order valence-electron chi connectivity index (χ4n) is 4.34. The lowest BCUT2D eigenvalue weighted by atomic mass is 9.87. The maximum Gasteiger partial charge on any atom is -0.00239 e. The molecule has 0 amide bonds. The summed E-state index contributed by atoms with van der Waals surface area (Å²) in [6.45, 7) is 0. The molecule has 0 saturated carbocycles. The highest BCUT2D eigenvalue weighted by atomic mass is 14.2. The summed E-state index contributed by atoms with van der Waals surface area (Å²) >= 11 is 0. The number of hydrogen-bond acceptors (Lipinski definition) is 0. The van der Waals surface area contributed by atoms with Crippen LogP contribution in [0.3, 0.4) is 0 Å². The standard InChI is InChI=1S/C22H20/c1-2-4-6-16-8-10-18-11-13-19-15(5-3-1)7-9-17-12-14-20(16)22(18)21(17)19/h7-14H,1-6H2. The van der Waals surface area contributed by atoms with Crippen molar-refractivity contribution in [2.45, 2.75) is 38.5 Å². The fraction of sp³-hybridized carbons (Fsp3) is 0.273. The molecule has 4 aromatic carbocycles. The molecule has 0 heterocycles. The van der Waals surface area contributed by atoms with E-state index in [0.717, 1.165) is 0 Å². The molecule has 1 aliphatic rings. The van der Waals surface area contributed by atoms with Gasteiger partial charge in [0.05, 0.1) is 0 Å². The first-order chi connectivity index (χ1) is 10.9. The van der Waals surface area contributed by atoms with Crippen LogP contribution in [0.5, 0.6) is 0 Å². The normalized spacial score (nSPS) is 16.0. The lowest BCUT2D eigenvalue weighted by Gasteiger charge is -2.17. The van der Waals surface area contributed by atoms with E-state index < -0.39 is 0 Å².